The van der Waals surface area contributed by atoms with E-state index in [0.717, 1.165) is 4.90 Å². The summed E-state index contributed by atoms with van der Waals surface area (Å²) in [4.78, 5) is 12.9. The molecule has 1 N–H and O–H groups in total. The monoisotopic (exact) mass is 352 g/mol. The Morgan fingerprint density at radius 3 is 2.75 bits per heavy atom. The zero-order chi connectivity index (χ0) is 14.4. The Morgan fingerprint density at radius 1 is 1.35 bits per heavy atom. The number of carbonyl (C=O) groups is 1. The summed E-state index contributed by atoms with van der Waals surface area (Å²) in [6.07, 6.45) is 1.46. The van der Waals surface area contributed by atoms with Crippen molar-refractivity contribution in [3.05, 3.63) is 52.9 Å². The second-order valence-electron chi connectivity index (χ2n) is 3.95. The van der Waals surface area contributed by atoms with Crippen molar-refractivity contribution in [2.75, 3.05) is 0 Å². The van der Waals surface area contributed by atoms with E-state index in [1.165, 1.54) is 18.0 Å². The average molecular weight is 353 g/mol. The fourth-order valence-corrected chi connectivity index (χ4v) is 2.61. The van der Waals surface area contributed by atoms with Gasteiger partial charge in [-0.15, -0.1) is 11.8 Å². The van der Waals surface area contributed by atoms with Gasteiger partial charge in [0.2, 0.25) is 0 Å². The number of hydrogen-bond donors (Lipinski definition) is 1. The van der Waals surface area contributed by atoms with Gasteiger partial charge >= 0.3 is 0 Å². The second-order valence-corrected chi connectivity index (χ2v) is 6.15. The Hall–Kier alpha value is -1.53. The number of hydrazone groups is 1. The molecule has 4 nitrogen and oxygen atoms in total. The highest BCUT2D eigenvalue weighted by molar-refractivity contribution is 9.10. The van der Waals surface area contributed by atoms with Crippen LogP contribution in [0, 0.1) is 0 Å². The lowest BCUT2D eigenvalue weighted by Gasteiger charge is -2.08. The van der Waals surface area contributed by atoms with Gasteiger partial charge in [0.25, 0.3) is 5.91 Å². The third-order valence-electron chi connectivity index (χ3n) is 2.39. The van der Waals surface area contributed by atoms with E-state index in [-0.39, 0.29) is 11.2 Å². The Balaban J connectivity index is 1.84. The van der Waals surface area contributed by atoms with E-state index >= 15 is 0 Å². The lowest BCUT2D eigenvalue weighted by Crippen LogP contribution is -2.26. The summed E-state index contributed by atoms with van der Waals surface area (Å²) in [5.41, 5.74) is 2.49. The molecule has 0 aliphatic carbocycles. The van der Waals surface area contributed by atoms with Crippen LogP contribution in [0.5, 0.6) is 0 Å². The van der Waals surface area contributed by atoms with Crippen molar-refractivity contribution in [1.29, 1.82) is 0 Å². The molecule has 0 radical (unpaired) electrons. The first kappa shape index (κ1) is 14.9. The van der Waals surface area contributed by atoms with E-state index in [0.29, 0.717) is 10.4 Å². The van der Waals surface area contributed by atoms with Crippen LogP contribution in [0.15, 0.2) is 61.5 Å². The van der Waals surface area contributed by atoms with Crippen LogP contribution in [0.2, 0.25) is 0 Å². The first-order chi connectivity index (χ1) is 9.65. The average Bonchev–Trinajstić information content (AvgIpc) is 2.85. The predicted molar refractivity (Wildman–Crippen MR) is 83.9 cm³/mol. The van der Waals surface area contributed by atoms with Gasteiger partial charge in [-0.3, -0.25) is 4.79 Å². The summed E-state index contributed by atoms with van der Waals surface area (Å²) in [5, 5.41) is 3.64. The van der Waals surface area contributed by atoms with Gasteiger partial charge in [0.05, 0.1) is 11.5 Å². The van der Waals surface area contributed by atoms with Gasteiger partial charge in [-0.05, 0) is 47.1 Å². The van der Waals surface area contributed by atoms with Gasteiger partial charge in [0.15, 0.2) is 4.67 Å². The Bertz CT molecular complexity index is 598. The maximum atomic E-state index is 11.9. The van der Waals surface area contributed by atoms with Crippen molar-refractivity contribution >= 4 is 39.8 Å². The summed E-state index contributed by atoms with van der Waals surface area (Å²) in [7, 11) is 0. The Kier molecular flexibility index (Phi) is 5.43. The Labute approximate surface area is 129 Å². The minimum Gasteiger partial charge on any atom is -0.448 e. The quantitative estimate of drug-likeness (QED) is 0.507. The van der Waals surface area contributed by atoms with Crippen molar-refractivity contribution in [3.8, 4) is 0 Å². The molecule has 0 unspecified atom stereocenters. The van der Waals surface area contributed by atoms with Gasteiger partial charge in [-0.1, -0.05) is 18.2 Å². The van der Waals surface area contributed by atoms with E-state index in [1.54, 1.807) is 12.1 Å². The van der Waals surface area contributed by atoms with Crippen LogP contribution < -0.4 is 5.43 Å². The maximum Gasteiger partial charge on any atom is 0.253 e. The van der Waals surface area contributed by atoms with E-state index in [4.69, 9.17) is 4.42 Å². The van der Waals surface area contributed by atoms with Crippen LogP contribution in [0.4, 0.5) is 0 Å². The molecule has 0 saturated heterocycles. The third kappa shape index (κ3) is 4.54. The molecule has 0 spiro atoms. The third-order valence-corrected chi connectivity index (χ3v) is 3.92. The topological polar surface area (TPSA) is 54.6 Å². The first-order valence-corrected chi connectivity index (χ1v) is 7.62. The number of thioether (sulfide) groups is 1. The molecule has 0 bridgehead atoms. The van der Waals surface area contributed by atoms with Crippen molar-refractivity contribution in [3.63, 3.8) is 0 Å². The smallest absolute Gasteiger partial charge is 0.253 e. The summed E-state index contributed by atoms with van der Waals surface area (Å²) < 4.78 is 5.86. The summed E-state index contributed by atoms with van der Waals surface area (Å²) in [6, 6.07) is 13.3. The van der Waals surface area contributed by atoms with Crippen molar-refractivity contribution in [2.24, 2.45) is 5.10 Å². The molecule has 20 heavy (non-hydrogen) atoms. The second kappa shape index (κ2) is 7.31. The van der Waals surface area contributed by atoms with Crippen LogP contribution in [0.3, 0.4) is 0 Å². The van der Waals surface area contributed by atoms with Crippen LogP contribution in [-0.2, 0) is 4.79 Å². The van der Waals surface area contributed by atoms with Crippen molar-refractivity contribution < 1.29 is 9.21 Å². The van der Waals surface area contributed by atoms with Crippen molar-refractivity contribution in [1.82, 2.24) is 5.43 Å². The molecule has 0 saturated carbocycles. The number of amides is 1. The summed E-state index contributed by atoms with van der Waals surface area (Å²) in [6.45, 7) is 1.84. The van der Waals surface area contributed by atoms with Crippen LogP contribution in [0.1, 0.15) is 12.7 Å². The highest BCUT2D eigenvalue weighted by atomic mass is 79.9. The number of hydrogen-bond acceptors (Lipinski definition) is 4. The number of halogens is 1. The molecule has 0 aliphatic rings. The number of benzene rings is 1. The van der Waals surface area contributed by atoms with Crippen LogP contribution in [-0.4, -0.2) is 17.4 Å². The standard InChI is InChI=1S/C14H13BrN2O2S/c1-10(20-12-5-3-2-4-6-12)14(18)17-16-9-11-7-8-13(15)19-11/h2-10H,1H3,(H,17,18)/b16-9-/t10-/m1/s1. The molecule has 0 aliphatic heterocycles. The van der Waals surface area contributed by atoms with Crippen LogP contribution in [0.25, 0.3) is 0 Å². The minimum absolute atomic E-state index is 0.152. The molecule has 1 amide bonds. The number of nitrogens with one attached hydrogen (secondary N) is 1. The number of nitrogens with zero attached hydrogens (tertiary/aromatic N) is 1. The molecular weight excluding hydrogens is 340 g/mol. The van der Waals surface area contributed by atoms with Crippen LogP contribution >= 0.6 is 27.7 Å². The number of carbonyl (C=O) groups excluding carboxylic acids is 1. The SMILES string of the molecule is C[C@@H](Sc1ccccc1)C(=O)N/N=C\c1ccc(Br)o1. The summed E-state index contributed by atoms with van der Waals surface area (Å²) >= 11 is 4.68. The molecule has 0 fully saturated rings. The van der Waals surface area contributed by atoms with E-state index < -0.39 is 0 Å². The molecule has 1 aromatic carbocycles. The van der Waals surface area contributed by atoms with Gasteiger partial charge in [-0.2, -0.15) is 5.10 Å². The van der Waals surface area contributed by atoms with Crippen molar-refractivity contribution in [2.45, 2.75) is 17.1 Å². The lowest BCUT2D eigenvalue weighted by molar-refractivity contribution is -0.120. The largest absolute Gasteiger partial charge is 0.448 e. The summed E-state index contributed by atoms with van der Waals surface area (Å²) in [5.74, 6) is 0.418. The molecule has 2 rings (SSSR count). The fourth-order valence-electron chi connectivity index (χ4n) is 1.40. The van der Waals surface area contributed by atoms with Gasteiger partial charge in [0, 0.05) is 4.90 Å². The lowest BCUT2D eigenvalue weighted by atomic mass is 10.4. The maximum absolute atomic E-state index is 11.9. The first-order valence-electron chi connectivity index (χ1n) is 5.95. The number of rotatable bonds is 5. The van der Waals surface area contributed by atoms with Gasteiger partial charge in [-0.25, -0.2) is 5.43 Å². The molecule has 1 aromatic heterocycles. The molecule has 6 heteroatoms. The number of furan rings is 1. The molecule has 2 aromatic rings. The molecule has 1 atom stereocenters. The molecule has 104 valence electrons. The minimum atomic E-state index is -0.224. The molecule has 1 heterocycles. The highest BCUT2D eigenvalue weighted by Crippen LogP contribution is 2.22. The normalized spacial score (nSPS) is 12.5. The zero-order valence-corrected chi connectivity index (χ0v) is 13.1. The van der Waals surface area contributed by atoms with Gasteiger partial charge in [0.1, 0.15) is 5.76 Å². The highest BCUT2D eigenvalue weighted by Gasteiger charge is 2.13. The Morgan fingerprint density at radius 2 is 2.10 bits per heavy atom. The van der Waals surface area contributed by atoms with Gasteiger partial charge < -0.3 is 4.42 Å². The van der Waals surface area contributed by atoms with E-state index in [1.807, 2.05) is 37.3 Å². The molecular formula is C14H13BrN2O2S. The van der Waals surface area contributed by atoms with E-state index in [2.05, 4.69) is 26.5 Å². The van der Waals surface area contributed by atoms with E-state index in [9.17, 15) is 4.79 Å². The fraction of sp³-hybridized carbons (Fsp3) is 0.143. The zero-order valence-electron chi connectivity index (χ0n) is 10.7. The predicted octanol–water partition coefficient (Wildman–Crippen LogP) is 3.67.